The van der Waals surface area contributed by atoms with Crippen LogP contribution in [0.15, 0.2) is 12.4 Å². The average molecular weight is 149 g/mol. The van der Waals surface area contributed by atoms with E-state index in [1.165, 1.54) is 0 Å². The quantitative estimate of drug-likeness (QED) is 0.575. The van der Waals surface area contributed by atoms with E-state index in [0.29, 0.717) is 0 Å². The van der Waals surface area contributed by atoms with Crippen LogP contribution in [0.3, 0.4) is 0 Å². The Balaban J connectivity index is 2.16. The maximum Gasteiger partial charge on any atom is 0.245 e. The van der Waals surface area contributed by atoms with Crippen molar-refractivity contribution in [3.63, 3.8) is 0 Å². The monoisotopic (exact) mass is 149 g/mol. The lowest BCUT2D eigenvalue weighted by Crippen LogP contribution is -2.20. The van der Waals surface area contributed by atoms with Gasteiger partial charge in [-0.1, -0.05) is 0 Å². The first kappa shape index (κ1) is 6.52. The fourth-order valence-electron chi connectivity index (χ4n) is 1.15. The molecule has 1 aliphatic rings. The summed E-state index contributed by atoms with van der Waals surface area (Å²) in [7, 11) is 0. The van der Waals surface area contributed by atoms with Gasteiger partial charge in [-0.05, 0) is 12.8 Å². The van der Waals surface area contributed by atoms with Crippen molar-refractivity contribution < 1.29 is 0 Å². The molecule has 0 saturated carbocycles. The normalized spacial score (nSPS) is 17.3. The van der Waals surface area contributed by atoms with Crippen LogP contribution in [0.2, 0.25) is 0 Å². The summed E-state index contributed by atoms with van der Waals surface area (Å²) in [6, 6.07) is 0. The predicted molar refractivity (Wildman–Crippen MR) is 41.0 cm³/mol. The lowest BCUT2D eigenvalue weighted by molar-refractivity contribution is 0.852. The highest BCUT2D eigenvalue weighted by Gasteiger charge is 2.14. The van der Waals surface area contributed by atoms with Crippen molar-refractivity contribution in [2.75, 3.05) is 18.0 Å². The molecule has 1 saturated heterocycles. The summed E-state index contributed by atoms with van der Waals surface area (Å²) in [5, 5.41) is 7.67. The number of rotatable bonds is 1. The lowest BCUT2D eigenvalue weighted by atomic mass is 10.4. The Morgan fingerprint density at radius 3 is 3.00 bits per heavy atom. The molecular formula is C7H9N4. The van der Waals surface area contributed by atoms with E-state index >= 15 is 0 Å². The first-order chi connectivity index (χ1) is 5.47. The molecule has 0 bridgehead atoms. The van der Waals surface area contributed by atoms with Crippen molar-refractivity contribution in [1.29, 1.82) is 0 Å². The van der Waals surface area contributed by atoms with Crippen molar-refractivity contribution >= 4 is 5.95 Å². The molecule has 57 valence electrons. The van der Waals surface area contributed by atoms with Crippen LogP contribution < -0.4 is 4.90 Å². The van der Waals surface area contributed by atoms with Gasteiger partial charge in [-0.2, -0.15) is 5.10 Å². The number of hydrogen-bond donors (Lipinski definition) is 0. The van der Waals surface area contributed by atoms with Gasteiger partial charge >= 0.3 is 0 Å². The summed E-state index contributed by atoms with van der Waals surface area (Å²) in [6.45, 7) is 1.97. The van der Waals surface area contributed by atoms with Crippen LogP contribution >= 0.6 is 0 Å². The second kappa shape index (κ2) is 2.82. The van der Waals surface area contributed by atoms with Crippen LogP contribution in [0.4, 0.5) is 5.95 Å². The summed E-state index contributed by atoms with van der Waals surface area (Å²) < 4.78 is 0. The standard InChI is InChI=1S/C7H9N4/c1-2-6-11(5-1)7-8-3-4-9-10-7/h1,3-4H,2,5-6H2. The van der Waals surface area contributed by atoms with E-state index in [1.807, 2.05) is 0 Å². The molecule has 1 aromatic heterocycles. The van der Waals surface area contributed by atoms with Gasteiger partial charge in [0.1, 0.15) is 0 Å². The van der Waals surface area contributed by atoms with Crippen LogP contribution in [0.5, 0.6) is 0 Å². The molecule has 11 heavy (non-hydrogen) atoms. The molecule has 0 atom stereocenters. The number of nitrogens with zero attached hydrogens (tertiary/aromatic N) is 4. The molecule has 4 heteroatoms. The van der Waals surface area contributed by atoms with Crippen molar-refractivity contribution in [3.8, 4) is 0 Å². The number of aromatic nitrogens is 3. The largest absolute Gasteiger partial charge is 0.339 e. The highest BCUT2D eigenvalue weighted by molar-refractivity contribution is 5.30. The van der Waals surface area contributed by atoms with E-state index in [9.17, 15) is 0 Å². The van der Waals surface area contributed by atoms with Gasteiger partial charge in [-0.15, -0.1) is 5.10 Å². The minimum atomic E-state index is 0.737. The lowest BCUT2D eigenvalue weighted by Gasteiger charge is -2.12. The maximum atomic E-state index is 4.09. The Bertz CT molecular complexity index is 217. The van der Waals surface area contributed by atoms with Gasteiger partial charge in [0.05, 0.1) is 12.4 Å². The van der Waals surface area contributed by atoms with E-state index in [4.69, 9.17) is 0 Å². The Morgan fingerprint density at radius 1 is 1.36 bits per heavy atom. The van der Waals surface area contributed by atoms with Crippen LogP contribution in [-0.4, -0.2) is 28.3 Å². The molecule has 0 N–H and O–H groups in total. The molecule has 4 nitrogen and oxygen atoms in total. The van der Waals surface area contributed by atoms with Crippen LogP contribution in [0, 0.1) is 6.42 Å². The molecule has 1 radical (unpaired) electrons. The van der Waals surface area contributed by atoms with Gasteiger partial charge in [0.2, 0.25) is 5.95 Å². The van der Waals surface area contributed by atoms with Crippen molar-refractivity contribution in [2.24, 2.45) is 0 Å². The van der Waals surface area contributed by atoms with E-state index in [1.54, 1.807) is 12.4 Å². The molecule has 2 rings (SSSR count). The van der Waals surface area contributed by atoms with Crippen molar-refractivity contribution in [3.05, 3.63) is 18.8 Å². The molecule has 0 aromatic carbocycles. The Morgan fingerprint density at radius 2 is 2.36 bits per heavy atom. The summed E-state index contributed by atoms with van der Waals surface area (Å²) >= 11 is 0. The summed E-state index contributed by atoms with van der Waals surface area (Å²) in [6.07, 6.45) is 6.60. The summed E-state index contributed by atoms with van der Waals surface area (Å²) in [5.41, 5.74) is 0. The van der Waals surface area contributed by atoms with Gasteiger partial charge in [-0.25, -0.2) is 4.98 Å². The topological polar surface area (TPSA) is 41.9 Å². The van der Waals surface area contributed by atoms with Gasteiger partial charge in [-0.3, -0.25) is 0 Å². The minimum Gasteiger partial charge on any atom is -0.339 e. The van der Waals surface area contributed by atoms with E-state index in [2.05, 4.69) is 26.5 Å². The minimum absolute atomic E-state index is 0.737. The maximum absolute atomic E-state index is 4.09. The number of anilines is 1. The van der Waals surface area contributed by atoms with Crippen LogP contribution in [-0.2, 0) is 0 Å². The van der Waals surface area contributed by atoms with Crippen molar-refractivity contribution in [2.45, 2.75) is 6.42 Å². The molecule has 0 amide bonds. The fourth-order valence-corrected chi connectivity index (χ4v) is 1.15. The molecule has 2 heterocycles. The fraction of sp³-hybridized carbons (Fsp3) is 0.429. The Labute approximate surface area is 65.3 Å². The van der Waals surface area contributed by atoms with Gasteiger partial charge < -0.3 is 4.90 Å². The summed E-state index contributed by atoms with van der Waals surface area (Å²) in [4.78, 5) is 6.20. The molecule has 0 spiro atoms. The first-order valence-electron chi connectivity index (χ1n) is 3.67. The average Bonchev–Trinajstić information content (AvgIpc) is 2.58. The Hall–Kier alpha value is -1.19. The van der Waals surface area contributed by atoms with Gasteiger partial charge in [0, 0.05) is 13.1 Å². The molecule has 1 aromatic rings. The van der Waals surface area contributed by atoms with E-state index < -0.39 is 0 Å². The SMILES string of the molecule is [CH]1CCN(c2nccnn2)C1. The zero-order valence-electron chi connectivity index (χ0n) is 6.14. The smallest absolute Gasteiger partial charge is 0.245 e. The molecule has 0 aliphatic carbocycles. The third-order valence-electron chi connectivity index (χ3n) is 1.71. The number of hydrogen-bond acceptors (Lipinski definition) is 4. The summed E-state index contributed by atoms with van der Waals surface area (Å²) in [5.74, 6) is 0.737. The van der Waals surface area contributed by atoms with Gasteiger partial charge in [0.25, 0.3) is 0 Å². The van der Waals surface area contributed by atoms with E-state index in [0.717, 1.165) is 25.5 Å². The third-order valence-corrected chi connectivity index (χ3v) is 1.71. The second-order valence-electron chi connectivity index (χ2n) is 2.47. The van der Waals surface area contributed by atoms with Crippen LogP contribution in [0.1, 0.15) is 6.42 Å². The van der Waals surface area contributed by atoms with Gasteiger partial charge in [0.15, 0.2) is 0 Å². The molecule has 1 fully saturated rings. The van der Waals surface area contributed by atoms with E-state index in [-0.39, 0.29) is 0 Å². The second-order valence-corrected chi connectivity index (χ2v) is 2.47. The molecule has 0 unspecified atom stereocenters. The highest BCUT2D eigenvalue weighted by atomic mass is 15.3. The third kappa shape index (κ3) is 1.29. The molecule has 1 aliphatic heterocycles. The van der Waals surface area contributed by atoms with Crippen LogP contribution in [0.25, 0.3) is 0 Å². The molecular weight excluding hydrogens is 140 g/mol. The highest BCUT2D eigenvalue weighted by Crippen LogP contribution is 2.11. The predicted octanol–water partition coefficient (Wildman–Crippen LogP) is 0.286. The zero-order chi connectivity index (χ0) is 7.52. The zero-order valence-corrected chi connectivity index (χ0v) is 6.14. The van der Waals surface area contributed by atoms with Crippen molar-refractivity contribution in [1.82, 2.24) is 15.2 Å². The first-order valence-corrected chi connectivity index (χ1v) is 3.67. The Kier molecular flexibility index (Phi) is 1.67.